The third-order valence-corrected chi connectivity index (χ3v) is 6.23. The standard InChI is InChI=1S/C17H32BNO4/c1-11(2)9-14(19-12(3)20)18(22)23-17-10-13(15(17,4)5)7-8-16(17,6)21/h11,13-14,21-22H,7-10H2,1-6H3,(H,19,20)/t13?,14-,16?,17?/m0/s1. The first-order valence-electron chi connectivity index (χ1n) is 8.78. The highest BCUT2D eigenvalue weighted by Gasteiger charge is 2.72. The van der Waals surface area contributed by atoms with E-state index in [0.717, 1.165) is 12.8 Å². The molecule has 0 radical (unpaired) electrons. The van der Waals surface area contributed by atoms with Crippen LogP contribution < -0.4 is 5.32 Å². The average Bonchev–Trinajstić information content (AvgIpc) is 2.38. The summed E-state index contributed by atoms with van der Waals surface area (Å²) in [5.74, 6) is 0.183. The van der Waals surface area contributed by atoms with Crippen LogP contribution in [0.1, 0.15) is 67.2 Å². The Labute approximate surface area is 140 Å². The number of carbonyl (C=O) groups is 1. The van der Waals surface area contributed by atoms with E-state index in [9.17, 15) is 14.9 Å². The summed E-state index contributed by atoms with van der Waals surface area (Å²) in [7, 11) is -1.12. The highest BCUT2D eigenvalue weighted by atomic mass is 16.6. The molecule has 0 aromatic heterocycles. The van der Waals surface area contributed by atoms with Crippen molar-refractivity contribution < 1.29 is 19.6 Å². The summed E-state index contributed by atoms with van der Waals surface area (Å²) >= 11 is 0. The molecule has 0 spiro atoms. The van der Waals surface area contributed by atoms with Gasteiger partial charge in [-0.15, -0.1) is 0 Å². The molecule has 0 saturated heterocycles. The summed E-state index contributed by atoms with van der Waals surface area (Å²) < 4.78 is 6.13. The second kappa shape index (κ2) is 6.05. The molecular formula is C17H32BNO4. The molecule has 1 amide bonds. The van der Waals surface area contributed by atoms with Crippen LogP contribution in [0.5, 0.6) is 0 Å². The fraction of sp³-hybridized carbons (Fsp3) is 0.941. The van der Waals surface area contributed by atoms with Gasteiger partial charge in [0.15, 0.2) is 0 Å². The number of aliphatic hydroxyl groups is 1. The van der Waals surface area contributed by atoms with Crippen molar-refractivity contribution in [3.8, 4) is 0 Å². The predicted octanol–water partition coefficient (Wildman–Crippen LogP) is 1.90. The fourth-order valence-corrected chi connectivity index (χ4v) is 4.73. The zero-order valence-corrected chi connectivity index (χ0v) is 15.3. The van der Waals surface area contributed by atoms with Crippen LogP contribution in [-0.4, -0.2) is 40.3 Å². The molecule has 3 aliphatic carbocycles. The Balaban J connectivity index is 2.19. The molecule has 3 saturated carbocycles. The monoisotopic (exact) mass is 325 g/mol. The van der Waals surface area contributed by atoms with Crippen molar-refractivity contribution in [3.05, 3.63) is 0 Å². The van der Waals surface area contributed by atoms with Gasteiger partial charge in [0.2, 0.25) is 5.91 Å². The van der Waals surface area contributed by atoms with E-state index in [1.807, 2.05) is 20.8 Å². The lowest BCUT2D eigenvalue weighted by atomic mass is 9.40. The lowest BCUT2D eigenvalue weighted by molar-refractivity contribution is -0.305. The molecule has 0 aromatic rings. The van der Waals surface area contributed by atoms with Gasteiger partial charge in [-0.2, -0.15) is 0 Å². The lowest BCUT2D eigenvalue weighted by Gasteiger charge is -2.71. The van der Waals surface area contributed by atoms with E-state index in [1.54, 1.807) is 0 Å². The van der Waals surface area contributed by atoms with Gasteiger partial charge in [-0.1, -0.05) is 27.7 Å². The zero-order valence-electron chi connectivity index (χ0n) is 15.3. The van der Waals surface area contributed by atoms with Gasteiger partial charge in [0, 0.05) is 6.92 Å². The maximum atomic E-state index is 11.4. The van der Waals surface area contributed by atoms with E-state index < -0.39 is 24.3 Å². The first-order chi connectivity index (χ1) is 10.4. The zero-order chi connectivity index (χ0) is 17.6. The van der Waals surface area contributed by atoms with Crippen molar-refractivity contribution in [3.63, 3.8) is 0 Å². The minimum absolute atomic E-state index is 0.183. The van der Waals surface area contributed by atoms with Gasteiger partial charge in [-0.05, 0) is 49.9 Å². The molecule has 3 rings (SSSR count). The third kappa shape index (κ3) is 3.05. The number of rotatable bonds is 6. The summed E-state index contributed by atoms with van der Waals surface area (Å²) in [6.07, 6.45) is 3.06. The SMILES string of the molecule is CC(=O)N[C@@H](CC(C)C)B(O)OC12CC(CCC1(C)O)C2(C)C. The van der Waals surface area contributed by atoms with Crippen LogP contribution in [-0.2, 0) is 9.45 Å². The highest BCUT2D eigenvalue weighted by molar-refractivity contribution is 6.45. The van der Waals surface area contributed by atoms with Gasteiger partial charge < -0.3 is 20.1 Å². The molecular weight excluding hydrogens is 293 g/mol. The molecule has 4 atom stereocenters. The Morgan fingerprint density at radius 1 is 1.39 bits per heavy atom. The van der Waals surface area contributed by atoms with Gasteiger partial charge in [0.05, 0.1) is 17.1 Å². The fourth-order valence-electron chi connectivity index (χ4n) is 4.73. The highest BCUT2D eigenvalue weighted by Crippen LogP contribution is 2.67. The molecule has 3 fully saturated rings. The van der Waals surface area contributed by atoms with Crippen LogP contribution in [0.3, 0.4) is 0 Å². The Kier molecular flexibility index (Phi) is 4.93. The van der Waals surface area contributed by atoms with E-state index in [-0.39, 0.29) is 11.3 Å². The van der Waals surface area contributed by atoms with E-state index in [2.05, 4.69) is 19.2 Å². The van der Waals surface area contributed by atoms with Crippen LogP contribution in [0.15, 0.2) is 0 Å². The molecule has 0 aliphatic heterocycles. The summed E-state index contributed by atoms with van der Waals surface area (Å²) in [5.41, 5.74) is -1.91. The molecule has 6 heteroatoms. The minimum atomic E-state index is -1.12. The molecule has 5 nitrogen and oxygen atoms in total. The number of carbonyl (C=O) groups excluding carboxylic acids is 1. The maximum Gasteiger partial charge on any atom is 0.478 e. The van der Waals surface area contributed by atoms with E-state index in [0.29, 0.717) is 24.7 Å². The van der Waals surface area contributed by atoms with E-state index >= 15 is 0 Å². The molecule has 3 aliphatic rings. The van der Waals surface area contributed by atoms with Crippen molar-refractivity contribution in [2.75, 3.05) is 0 Å². The quantitative estimate of drug-likeness (QED) is 0.652. The van der Waals surface area contributed by atoms with Gasteiger partial charge in [-0.25, -0.2) is 0 Å². The van der Waals surface area contributed by atoms with Gasteiger partial charge in [0.25, 0.3) is 0 Å². The maximum absolute atomic E-state index is 11.4. The summed E-state index contributed by atoms with van der Waals surface area (Å²) in [4.78, 5) is 11.4. The largest absolute Gasteiger partial charge is 0.478 e. The van der Waals surface area contributed by atoms with Crippen molar-refractivity contribution >= 4 is 13.0 Å². The number of fused-ring (bicyclic) bond motifs is 2. The topological polar surface area (TPSA) is 78.8 Å². The molecule has 3 unspecified atom stereocenters. The molecule has 0 heterocycles. The summed E-state index contributed by atoms with van der Waals surface area (Å²) in [6, 6.07) is 0. The number of nitrogens with one attached hydrogen (secondary N) is 1. The first-order valence-corrected chi connectivity index (χ1v) is 8.78. The first kappa shape index (κ1) is 18.7. The van der Waals surface area contributed by atoms with E-state index in [4.69, 9.17) is 4.65 Å². The van der Waals surface area contributed by atoms with Crippen LogP contribution in [0.25, 0.3) is 0 Å². The van der Waals surface area contributed by atoms with Crippen molar-refractivity contribution in [1.82, 2.24) is 5.32 Å². The second-order valence-electron chi connectivity index (χ2n) is 8.71. The summed E-state index contributed by atoms with van der Waals surface area (Å²) in [5, 5.41) is 24.4. The lowest BCUT2D eigenvalue weighted by Crippen LogP contribution is -2.77. The number of amides is 1. The summed E-state index contributed by atoms with van der Waals surface area (Å²) in [6.45, 7) is 11.6. The molecule has 2 bridgehead atoms. The normalized spacial score (nSPS) is 36.3. The third-order valence-electron chi connectivity index (χ3n) is 6.23. The second-order valence-corrected chi connectivity index (χ2v) is 8.71. The molecule has 0 aromatic carbocycles. The number of hydrogen-bond donors (Lipinski definition) is 3. The number of hydrogen-bond acceptors (Lipinski definition) is 4. The van der Waals surface area contributed by atoms with Crippen LogP contribution >= 0.6 is 0 Å². The van der Waals surface area contributed by atoms with Crippen molar-refractivity contribution in [2.24, 2.45) is 17.3 Å². The van der Waals surface area contributed by atoms with Crippen LogP contribution in [0, 0.1) is 17.3 Å². The Morgan fingerprint density at radius 3 is 2.43 bits per heavy atom. The smallest absolute Gasteiger partial charge is 0.426 e. The predicted molar refractivity (Wildman–Crippen MR) is 90.6 cm³/mol. The Bertz CT molecular complexity index is 456. The average molecular weight is 325 g/mol. The van der Waals surface area contributed by atoms with Crippen LogP contribution in [0.4, 0.5) is 0 Å². The molecule has 132 valence electrons. The molecule has 3 N–H and O–H groups in total. The Morgan fingerprint density at radius 2 is 2.00 bits per heavy atom. The Hall–Kier alpha value is -0.585. The van der Waals surface area contributed by atoms with Gasteiger partial charge in [-0.3, -0.25) is 4.79 Å². The van der Waals surface area contributed by atoms with Crippen molar-refractivity contribution in [2.45, 2.75) is 84.4 Å². The van der Waals surface area contributed by atoms with Crippen molar-refractivity contribution in [1.29, 1.82) is 0 Å². The van der Waals surface area contributed by atoms with Gasteiger partial charge >= 0.3 is 7.12 Å². The van der Waals surface area contributed by atoms with Crippen LogP contribution in [0.2, 0.25) is 0 Å². The molecule has 23 heavy (non-hydrogen) atoms. The minimum Gasteiger partial charge on any atom is -0.426 e. The van der Waals surface area contributed by atoms with Gasteiger partial charge in [0.1, 0.15) is 0 Å². The van der Waals surface area contributed by atoms with E-state index in [1.165, 1.54) is 6.92 Å².